The van der Waals surface area contributed by atoms with E-state index in [1.807, 2.05) is 4.90 Å². The SMILES string of the molecule is CC1CC(Cl)CN1C(=O)C1C2CCCC21. The van der Waals surface area contributed by atoms with Crippen LogP contribution in [0.1, 0.15) is 32.6 Å². The number of carbonyl (C=O) groups excluding carboxylic acids is 1. The predicted molar refractivity (Wildman–Crippen MR) is 59.8 cm³/mol. The van der Waals surface area contributed by atoms with Crippen LogP contribution in [0.5, 0.6) is 0 Å². The third-order valence-electron chi connectivity index (χ3n) is 4.50. The Kier molecular flexibility index (Phi) is 2.24. The number of hydrogen-bond acceptors (Lipinski definition) is 1. The fourth-order valence-corrected chi connectivity index (χ4v) is 4.06. The number of alkyl halides is 1. The van der Waals surface area contributed by atoms with Crippen LogP contribution in [0.25, 0.3) is 0 Å². The second kappa shape index (κ2) is 3.38. The van der Waals surface area contributed by atoms with E-state index in [9.17, 15) is 4.79 Å². The minimum atomic E-state index is 0.183. The summed E-state index contributed by atoms with van der Waals surface area (Å²) in [6.07, 6.45) is 4.88. The van der Waals surface area contributed by atoms with Crippen molar-refractivity contribution < 1.29 is 4.79 Å². The minimum Gasteiger partial charge on any atom is -0.338 e. The largest absolute Gasteiger partial charge is 0.338 e. The van der Waals surface area contributed by atoms with Crippen LogP contribution in [0.2, 0.25) is 0 Å². The molecule has 0 radical (unpaired) electrons. The van der Waals surface area contributed by atoms with Gasteiger partial charge in [-0.3, -0.25) is 4.79 Å². The standard InChI is InChI=1S/C12H18ClNO/c1-7-5-8(13)6-14(7)12(15)11-9-3-2-4-10(9)11/h7-11H,2-6H2,1H3. The van der Waals surface area contributed by atoms with Gasteiger partial charge in [0.15, 0.2) is 0 Å². The molecule has 2 nitrogen and oxygen atoms in total. The van der Waals surface area contributed by atoms with E-state index in [-0.39, 0.29) is 5.38 Å². The Balaban J connectivity index is 1.66. The number of hydrogen-bond donors (Lipinski definition) is 0. The molecule has 2 aliphatic carbocycles. The third kappa shape index (κ3) is 1.49. The average Bonchev–Trinajstić information content (AvgIpc) is 2.58. The van der Waals surface area contributed by atoms with Gasteiger partial charge < -0.3 is 4.90 Å². The van der Waals surface area contributed by atoms with Crippen molar-refractivity contribution in [2.45, 2.75) is 44.0 Å². The lowest BCUT2D eigenvalue weighted by Gasteiger charge is -2.22. The van der Waals surface area contributed by atoms with Crippen molar-refractivity contribution in [2.75, 3.05) is 6.54 Å². The van der Waals surface area contributed by atoms with E-state index in [0.29, 0.717) is 17.9 Å². The molecule has 15 heavy (non-hydrogen) atoms. The molecule has 0 aromatic rings. The Morgan fingerprint density at radius 1 is 1.33 bits per heavy atom. The lowest BCUT2D eigenvalue weighted by Crippen LogP contribution is -2.36. The summed E-state index contributed by atoms with van der Waals surface area (Å²) in [6.45, 7) is 2.90. The van der Waals surface area contributed by atoms with Crippen LogP contribution in [0.15, 0.2) is 0 Å². The first-order valence-corrected chi connectivity index (χ1v) is 6.56. The quantitative estimate of drug-likeness (QED) is 0.630. The van der Waals surface area contributed by atoms with Gasteiger partial charge >= 0.3 is 0 Å². The Labute approximate surface area is 96.0 Å². The van der Waals surface area contributed by atoms with E-state index in [1.54, 1.807) is 0 Å². The zero-order valence-corrected chi connectivity index (χ0v) is 9.91. The molecule has 0 bridgehead atoms. The molecule has 0 spiro atoms. The molecular formula is C12H18ClNO. The Hall–Kier alpha value is -0.240. The number of halogens is 1. The second-order valence-corrected chi connectivity index (χ2v) is 6.07. The molecule has 0 aromatic carbocycles. The van der Waals surface area contributed by atoms with Gasteiger partial charge in [-0.05, 0) is 38.0 Å². The minimum absolute atomic E-state index is 0.183. The molecule has 3 rings (SSSR count). The van der Waals surface area contributed by atoms with Gasteiger partial charge in [0.2, 0.25) is 5.91 Å². The number of likely N-dealkylation sites (tertiary alicyclic amines) is 1. The van der Waals surface area contributed by atoms with Gasteiger partial charge in [-0.15, -0.1) is 11.6 Å². The number of fused-ring (bicyclic) bond motifs is 1. The normalized spacial score (nSPS) is 48.1. The van der Waals surface area contributed by atoms with Crippen LogP contribution in [0.4, 0.5) is 0 Å². The first-order valence-electron chi connectivity index (χ1n) is 6.13. The van der Waals surface area contributed by atoms with E-state index in [1.165, 1.54) is 19.3 Å². The Morgan fingerprint density at radius 2 is 2.00 bits per heavy atom. The maximum atomic E-state index is 12.2. The molecule has 1 amide bonds. The molecule has 2 saturated carbocycles. The highest BCUT2D eigenvalue weighted by molar-refractivity contribution is 6.21. The molecule has 84 valence electrons. The van der Waals surface area contributed by atoms with Gasteiger partial charge in [0.1, 0.15) is 0 Å². The van der Waals surface area contributed by atoms with Crippen molar-refractivity contribution in [3.8, 4) is 0 Å². The monoisotopic (exact) mass is 227 g/mol. The smallest absolute Gasteiger partial charge is 0.226 e. The van der Waals surface area contributed by atoms with E-state index >= 15 is 0 Å². The van der Waals surface area contributed by atoms with Crippen molar-refractivity contribution >= 4 is 17.5 Å². The van der Waals surface area contributed by atoms with Gasteiger partial charge in [0, 0.05) is 18.5 Å². The van der Waals surface area contributed by atoms with Crippen molar-refractivity contribution in [1.82, 2.24) is 4.90 Å². The summed E-state index contributed by atoms with van der Waals surface area (Å²) in [5, 5.41) is 0.183. The molecule has 3 heteroatoms. The Bertz CT molecular complexity index is 283. The van der Waals surface area contributed by atoms with Crippen LogP contribution in [0, 0.1) is 17.8 Å². The van der Waals surface area contributed by atoms with Crippen molar-refractivity contribution in [1.29, 1.82) is 0 Å². The highest BCUT2D eigenvalue weighted by Gasteiger charge is 2.58. The molecule has 1 saturated heterocycles. The second-order valence-electron chi connectivity index (χ2n) is 5.46. The lowest BCUT2D eigenvalue weighted by atomic mass is 10.1. The fraction of sp³-hybridized carbons (Fsp3) is 0.917. The van der Waals surface area contributed by atoms with Gasteiger partial charge in [-0.1, -0.05) is 6.42 Å². The maximum absolute atomic E-state index is 12.2. The van der Waals surface area contributed by atoms with Gasteiger partial charge in [-0.25, -0.2) is 0 Å². The predicted octanol–water partition coefficient (Wildman–Crippen LogP) is 2.26. The van der Waals surface area contributed by atoms with Crippen LogP contribution in [-0.2, 0) is 4.79 Å². The Morgan fingerprint density at radius 3 is 2.53 bits per heavy atom. The number of nitrogens with zero attached hydrogens (tertiary/aromatic N) is 1. The average molecular weight is 228 g/mol. The van der Waals surface area contributed by atoms with Gasteiger partial charge in [0.05, 0.1) is 5.38 Å². The molecule has 0 aromatic heterocycles. The summed E-state index contributed by atoms with van der Waals surface area (Å²) in [7, 11) is 0. The van der Waals surface area contributed by atoms with Crippen molar-refractivity contribution in [3.63, 3.8) is 0 Å². The highest BCUT2D eigenvalue weighted by atomic mass is 35.5. The molecular weight excluding hydrogens is 210 g/mol. The van der Waals surface area contributed by atoms with Gasteiger partial charge in [-0.2, -0.15) is 0 Å². The maximum Gasteiger partial charge on any atom is 0.226 e. The summed E-state index contributed by atoms with van der Waals surface area (Å²) in [5.41, 5.74) is 0. The lowest BCUT2D eigenvalue weighted by molar-refractivity contribution is -0.133. The van der Waals surface area contributed by atoms with E-state index in [2.05, 4.69) is 6.92 Å². The zero-order chi connectivity index (χ0) is 10.6. The zero-order valence-electron chi connectivity index (χ0n) is 9.16. The van der Waals surface area contributed by atoms with E-state index in [4.69, 9.17) is 11.6 Å². The molecule has 4 atom stereocenters. The van der Waals surface area contributed by atoms with Gasteiger partial charge in [0.25, 0.3) is 0 Å². The van der Waals surface area contributed by atoms with E-state index in [0.717, 1.165) is 24.8 Å². The third-order valence-corrected chi connectivity index (χ3v) is 4.81. The molecule has 3 fully saturated rings. The van der Waals surface area contributed by atoms with Crippen LogP contribution in [0.3, 0.4) is 0 Å². The van der Waals surface area contributed by atoms with Crippen LogP contribution in [-0.4, -0.2) is 28.8 Å². The molecule has 1 heterocycles. The first-order chi connectivity index (χ1) is 7.18. The van der Waals surface area contributed by atoms with Crippen LogP contribution >= 0.6 is 11.6 Å². The summed E-state index contributed by atoms with van der Waals surface area (Å²) in [6, 6.07) is 0.362. The highest BCUT2D eigenvalue weighted by Crippen LogP contribution is 2.58. The number of carbonyl (C=O) groups is 1. The topological polar surface area (TPSA) is 20.3 Å². The number of amides is 1. The van der Waals surface area contributed by atoms with E-state index < -0.39 is 0 Å². The first kappa shape index (κ1) is 9.95. The summed E-state index contributed by atoms with van der Waals surface area (Å²) in [5.74, 6) is 2.25. The number of rotatable bonds is 1. The van der Waals surface area contributed by atoms with Crippen LogP contribution < -0.4 is 0 Å². The van der Waals surface area contributed by atoms with Crippen molar-refractivity contribution in [2.24, 2.45) is 17.8 Å². The molecule has 0 N–H and O–H groups in total. The summed E-state index contributed by atoms with van der Waals surface area (Å²) >= 11 is 6.10. The molecule has 1 aliphatic heterocycles. The summed E-state index contributed by atoms with van der Waals surface area (Å²) < 4.78 is 0. The molecule has 4 unspecified atom stereocenters. The molecule has 3 aliphatic rings. The summed E-state index contributed by atoms with van der Waals surface area (Å²) in [4.78, 5) is 14.3. The fourth-order valence-electron chi connectivity index (χ4n) is 3.65. The van der Waals surface area contributed by atoms with Crippen molar-refractivity contribution in [3.05, 3.63) is 0 Å².